The van der Waals surface area contributed by atoms with E-state index < -0.39 is 12.1 Å². The van der Waals surface area contributed by atoms with E-state index in [0.717, 1.165) is 24.1 Å². The Kier molecular flexibility index (Phi) is 5.15. The normalized spacial score (nSPS) is 13.4. The van der Waals surface area contributed by atoms with Crippen molar-refractivity contribution < 1.29 is 9.18 Å². The van der Waals surface area contributed by atoms with Crippen LogP contribution in [0.15, 0.2) is 41.6 Å². The molecule has 0 spiro atoms. The number of nitrogen functional groups attached to an aromatic ring is 1. The number of amides is 2. The largest absolute Gasteiger partial charge is 0.397 e. The van der Waals surface area contributed by atoms with Gasteiger partial charge < -0.3 is 27.4 Å². The minimum atomic E-state index is -0.923. The van der Waals surface area contributed by atoms with Gasteiger partial charge in [0.15, 0.2) is 0 Å². The Bertz CT molecular complexity index is 941. The second-order valence-electron chi connectivity index (χ2n) is 5.93. The number of carbonyl (C=O) groups is 1. The highest BCUT2D eigenvalue weighted by Gasteiger charge is 2.11. The number of nitrogens with one attached hydrogen (secondary N) is 3. The van der Waals surface area contributed by atoms with Crippen molar-refractivity contribution >= 4 is 35.0 Å². The standard InChI is InChI=1S/C17H19FN8O/c1-9-4-2-3-5-12(9)23-17-25-14(18)24-16(26-17)21-10-6-7-13(11(19)8-10)22-15(20)27/h3,5-8H,2,4,19H2,1H3,(H3,20,22,27)(H2,21,23,24,25,26). The van der Waals surface area contributed by atoms with Gasteiger partial charge in [-0.05, 0) is 49.6 Å². The number of primary amides is 1. The van der Waals surface area contributed by atoms with Gasteiger partial charge >= 0.3 is 12.1 Å². The molecule has 7 N–H and O–H groups in total. The summed E-state index contributed by atoms with van der Waals surface area (Å²) < 4.78 is 13.8. The molecular weight excluding hydrogens is 351 g/mol. The van der Waals surface area contributed by atoms with Gasteiger partial charge in [0.2, 0.25) is 11.9 Å². The third-order valence-electron chi connectivity index (χ3n) is 3.85. The molecule has 140 valence electrons. The Morgan fingerprint density at radius 2 is 1.93 bits per heavy atom. The van der Waals surface area contributed by atoms with Gasteiger partial charge in [-0.2, -0.15) is 19.3 Å². The number of urea groups is 1. The lowest BCUT2D eigenvalue weighted by molar-refractivity contribution is 0.259. The fourth-order valence-electron chi connectivity index (χ4n) is 2.52. The second kappa shape index (κ2) is 7.68. The zero-order valence-electron chi connectivity index (χ0n) is 14.6. The lowest BCUT2D eigenvalue weighted by atomic mass is 10.0. The molecule has 0 unspecified atom stereocenters. The number of halogens is 1. The van der Waals surface area contributed by atoms with Crippen LogP contribution in [-0.4, -0.2) is 21.0 Å². The topological polar surface area (TPSA) is 144 Å². The first kappa shape index (κ1) is 18.1. The fraction of sp³-hybridized carbons (Fsp3) is 0.176. The summed E-state index contributed by atoms with van der Waals surface area (Å²) in [6, 6.07) is 3.99. The number of aromatic nitrogens is 3. The van der Waals surface area contributed by atoms with E-state index in [1.165, 1.54) is 6.07 Å². The zero-order valence-corrected chi connectivity index (χ0v) is 14.6. The summed E-state index contributed by atoms with van der Waals surface area (Å²) in [5.41, 5.74) is 14.1. The van der Waals surface area contributed by atoms with Crippen LogP contribution in [0.4, 0.5) is 38.1 Å². The Balaban J connectivity index is 1.79. The summed E-state index contributed by atoms with van der Waals surface area (Å²) >= 11 is 0. The van der Waals surface area contributed by atoms with Crippen molar-refractivity contribution in [1.82, 2.24) is 15.0 Å². The summed E-state index contributed by atoms with van der Waals surface area (Å²) in [6.07, 6.45) is 4.91. The summed E-state index contributed by atoms with van der Waals surface area (Å²) in [7, 11) is 0. The molecule has 0 saturated heterocycles. The fourth-order valence-corrected chi connectivity index (χ4v) is 2.52. The number of allylic oxidation sites excluding steroid dienone is 3. The zero-order chi connectivity index (χ0) is 19.4. The lowest BCUT2D eigenvalue weighted by Gasteiger charge is -2.14. The number of hydrogen-bond acceptors (Lipinski definition) is 7. The summed E-state index contributed by atoms with van der Waals surface area (Å²) in [4.78, 5) is 22.4. The van der Waals surface area contributed by atoms with E-state index in [0.29, 0.717) is 11.4 Å². The molecule has 3 rings (SSSR count). The maximum atomic E-state index is 13.8. The van der Waals surface area contributed by atoms with Crippen LogP contribution in [0.25, 0.3) is 0 Å². The van der Waals surface area contributed by atoms with Gasteiger partial charge in [-0.25, -0.2) is 4.79 Å². The molecule has 2 aromatic rings. The summed E-state index contributed by atoms with van der Waals surface area (Å²) in [6.45, 7) is 1.99. The minimum absolute atomic E-state index is 0.0121. The van der Waals surface area contributed by atoms with Gasteiger partial charge in [-0.1, -0.05) is 6.08 Å². The van der Waals surface area contributed by atoms with Gasteiger partial charge in [0, 0.05) is 11.4 Å². The summed E-state index contributed by atoms with van der Waals surface area (Å²) in [5, 5.41) is 8.25. The van der Waals surface area contributed by atoms with Crippen LogP contribution in [0, 0.1) is 6.08 Å². The highest BCUT2D eigenvalue weighted by Crippen LogP contribution is 2.25. The molecule has 10 heteroatoms. The van der Waals surface area contributed by atoms with Crippen molar-refractivity contribution in [2.75, 3.05) is 21.7 Å². The monoisotopic (exact) mass is 370 g/mol. The van der Waals surface area contributed by atoms with E-state index in [4.69, 9.17) is 11.5 Å². The van der Waals surface area contributed by atoms with E-state index in [9.17, 15) is 9.18 Å². The smallest absolute Gasteiger partial charge is 0.316 e. The van der Waals surface area contributed by atoms with Crippen LogP contribution in [0.2, 0.25) is 0 Å². The molecule has 1 aliphatic carbocycles. The lowest BCUT2D eigenvalue weighted by Crippen LogP contribution is -2.20. The number of benzene rings is 1. The third kappa shape index (κ3) is 4.69. The molecule has 27 heavy (non-hydrogen) atoms. The van der Waals surface area contributed by atoms with Crippen molar-refractivity contribution in [3.05, 3.63) is 47.7 Å². The van der Waals surface area contributed by atoms with Crippen molar-refractivity contribution in [2.45, 2.75) is 19.8 Å². The molecule has 0 aliphatic heterocycles. The number of hydrogen-bond donors (Lipinski definition) is 5. The van der Waals surface area contributed by atoms with Crippen molar-refractivity contribution in [2.24, 2.45) is 5.73 Å². The molecule has 1 aliphatic rings. The van der Waals surface area contributed by atoms with Crippen molar-refractivity contribution in [1.29, 1.82) is 0 Å². The quantitative estimate of drug-likeness (QED) is 0.509. The third-order valence-corrected chi connectivity index (χ3v) is 3.85. The maximum Gasteiger partial charge on any atom is 0.316 e. The highest BCUT2D eigenvalue weighted by atomic mass is 19.1. The first-order valence-electron chi connectivity index (χ1n) is 8.18. The average Bonchev–Trinajstić information content (AvgIpc) is 2.59. The van der Waals surface area contributed by atoms with E-state index >= 15 is 0 Å². The molecule has 0 fully saturated rings. The molecule has 0 saturated carbocycles. The van der Waals surface area contributed by atoms with E-state index in [1.54, 1.807) is 12.1 Å². The SMILES string of the molecule is CC1=C(Nc2nc(F)nc(Nc3ccc(NC(N)=O)c(N)c3)n2)C=CCC1. The second-order valence-corrected chi connectivity index (χ2v) is 5.93. The Morgan fingerprint density at radius 1 is 1.19 bits per heavy atom. The highest BCUT2D eigenvalue weighted by molar-refractivity contribution is 5.92. The van der Waals surface area contributed by atoms with Gasteiger partial charge in [0.25, 0.3) is 0 Å². The molecule has 9 nitrogen and oxygen atoms in total. The molecule has 1 heterocycles. The Morgan fingerprint density at radius 3 is 2.59 bits per heavy atom. The number of anilines is 5. The predicted molar refractivity (Wildman–Crippen MR) is 102 cm³/mol. The Hall–Kier alpha value is -3.69. The Labute approximate surface area is 154 Å². The summed E-state index contributed by atoms with van der Waals surface area (Å²) in [5.74, 6) is 0.101. The van der Waals surface area contributed by atoms with Crippen LogP contribution in [0.3, 0.4) is 0 Å². The number of rotatable bonds is 5. The molecule has 1 aromatic heterocycles. The van der Waals surface area contributed by atoms with E-state index in [2.05, 4.69) is 30.9 Å². The van der Waals surface area contributed by atoms with Crippen molar-refractivity contribution in [3.8, 4) is 0 Å². The van der Waals surface area contributed by atoms with Crippen LogP contribution >= 0.6 is 0 Å². The van der Waals surface area contributed by atoms with Crippen LogP contribution in [0.5, 0.6) is 0 Å². The first-order valence-corrected chi connectivity index (χ1v) is 8.18. The number of nitrogens with zero attached hydrogens (tertiary/aromatic N) is 3. The number of carbonyl (C=O) groups excluding carboxylic acids is 1. The number of nitrogens with two attached hydrogens (primary N) is 2. The minimum Gasteiger partial charge on any atom is -0.397 e. The van der Waals surface area contributed by atoms with Crippen LogP contribution < -0.4 is 27.4 Å². The van der Waals surface area contributed by atoms with E-state index in [-0.39, 0.29) is 17.6 Å². The van der Waals surface area contributed by atoms with Gasteiger partial charge in [-0.15, -0.1) is 0 Å². The van der Waals surface area contributed by atoms with Gasteiger partial charge in [-0.3, -0.25) is 0 Å². The van der Waals surface area contributed by atoms with Crippen molar-refractivity contribution in [3.63, 3.8) is 0 Å². The molecule has 1 aromatic carbocycles. The maximum absolute atomic E-state index is 13.8. The molecule has 0 bridgehead atoms. The molecule has 0 atom stereocenters. The molecule has 2 amide bonds. The van der Waals surface area contributed by atoms with Crippen LogP contribution in [0.1, 0.15) is 19.8 Å². The predicted octanol–water partition coefficient (Wildman–Crippen LogP) is 2.86. The van der Waals surface area contributed by atoms with Gasteiger partial charge in [0.05, 0.1) is 11.4 Å². The van der Waals surface area contributed by atoms with E-state index in [1.807, 2.05) is 19.1 Å². The van der Waals surface area contributed by atoms with Crippen LogP contribution in [-0.2, 0) is 0 Å². The average molecular weight is 370 g/mol. The van der Waals surface area contributed by atoms with Gasteiger partial charge in [0.1, 0.15) is 0 Å². The molecular formula is C17H19FN8O. The first-order chi connectivity index (χ1) is 12.9. The molecule has 0 radical (unpaired) electrons.